The summed E-state index contributed by atoms with van der Waals surface area (Å²) >= 11 is 0. The number of imidazole rings is 2. The van der Waals surface area contributed by atoms with Crippen LogP contribution in [0.2, 0.25) is 0 Å². The molecule has 0 aliphatic carbocycles. The van der Waals surface area contributed by atoms with Gasteiger partial charge in [-0.05, 0) is 131 Å². The predicted octanol–water partition coefficient (Wildman–Crippen LogP) is 11.8. The standard InChI is InChI=1S/C24H26F3N3O.C24H28FN3O/c1-15(2)21-28-10-11-30(21)20-13-17(12-18(14-20)22(31)29-23(3,4)5)16-6-8-19(9-7-16)24(25,26)27;1-15(2)22-26-9-10-28(22)20-12-18(17-8-7-16(3)21(25)14-17)11-19(13-20)23(29)27-24(4,5)6/h6-15H,1-5H3,(H,29,31);7-15H,1-6H3,(H,27,29). The molecule has 0 bridgehead atoms. The number of alkyl halides is 3. The van der Waals surface area contributed by atoms with Crippen molar-refractivity contribution in [3.8, 4) is 33.6 Å². The molecule has 316 valence electrons. The first-order chi connectivity index (χ1) is 27.9. The topological polar surface area (TPSA) is 93.8 Å². The van der Waals surface area contributed by atoms with E-state index in [-0.39, 0.29) is 35.0 Å². The summed E-state index contributed by atoms with van der Waals surface area (Å²) in [7, 11) is 0. The number of benzene rings is 4. The molecule has 2 N–H and O–H groups in total. The number of aryl methyl sites for hydroxylation is 1. The van der Waals surface area contributed by atoms with E-state index in [0.717, 1.165) is 46.3 Å². The number of halogens is 4. The highest BCUT2D eigenvalue weighted by atomic mass is 19.4. The number of amides is 2. The number of hydrogen-bond donors (Lipinski definition) is 2. The number of rotatable bonds is 8. The van der Waals surface area contributed by atoms with Gasteiger partial charge in [-0.25, -0.2) is 14.4 Å². The van der Waals surface area contributed by atoms with Crippen molar-refractivity contribution in [2.24, 2.45) is 0 Å². The zero-order valence-corrected chi connectivity index (χ0v) is 36.1. The first kappa shape index (κ1) is 45.1. The maximum absolute atomic E-state index is 14.2. The average Bonchev–Trinajstić information content (AvgIpc) is 3.86. The molecule has 60 heavy (non-hydrogen) atoms. The molecule has 0 radical (unpaired) electrons. The minimum Gasteiger partial charge on any atom is -0.347 e. The second kappa shape index (κ2) is 17.7. The molecule has 0 aliphatic heterocycles. The Labute approximate surface area is 350 Å². The molecule has 2 amide bonds. The summed E-state index contributed by atoms with van der Waals surface area (Å²) in [6, 6.07) is 21.0. The quantitative estimate of drug-likeness (QED) is 0.150. The van der Waals surface area contributed by atoms with Gasteiger partial charge < -0.3 is 19.8 Å². The molecule has 0 spiro atoms. The van der Waals surface area contributed by atoms with Gasteiger partial charge in [-0.15, -0.1) is 0 Å². The molecule has 2 heterocycles. The van der Waals surface area contributed by atoms with Crippen molar-refractivity contribution in [2.45, 2.75) is 105 Å². The minimum absolute atomic E-state index is 0.150. The lowest BCUT2D eigenvalue weighted by atomic mass is 9.99. The third-order valence-electron chi connectivity index (χ3n) is 9.32. The third kappa shape index (κ3) is 11.4. The van der Waals surface area contributed by atoms with E-state index in [0.29, 0.717) is 27.8 Å². The van der Waals surface area contributed by atoms with Crippen molar-refractivity contribution >= 4 is 11.8 Å². The van der Waals surface area contributed by atoms with Gasteiger partial charge in [0.1, 0.15) is 17.5 Å². The van der Waals surface area contributed by atoms with Gasteiger partial charge in [-0.2, -0.15) is 13.2 Å². The van der Waals surface area contributed by atoms with E-state index < -0.39 is 17.3 Å². The zero-order valence-electron chi connectivity index (χ0n) is 36.1. The van der Waals surface area contributed by atoms with Crippen molar-refractivity contribution in [1.29, 1.82) is 0 Å². The van der Waals surface area contributed by atoms with E-state index in [4.69, 9.17) is 0 Å². The Morgan fingerprint density at radius 3 is 1.38 bits per heavy atom. The van der Waals surface area contributed by atoms with Crippen molar-refractivity contribution in [1.82, 2.24) is 29.7 Å². The average molecular weight is 823 g/mol. The Bertz CT molecular complexity index is 2460. The van der Waals surface area contributed by atoms with E-state index in [1.807, 2.05) is 101 Å². The van der Waals surface area contributed by atoms with Crippen LogP contribution in [-0.2, 0) is 6.18 Å². The summed E-state index contributed by atoms with van der Waals surface area (Å²) in [5.41, 5.74) is 4.32. The molecule has 12 heteroatoms. The third-order valence-corrected chi connectivity index (χ3v) is 9.32. The molecule has 0 saturated heterocycles. The van der Waals surface area contributed by atoms with Crippen LogP contribution in [0.1, 0.15) is 125 Å². The van der Waals surface area contributed by atoms with Crippen LogP contribution in [0.3, 0.4) is 0 Å². The fourth-order valence-electron chi connectivity index (χ4n) is 6.47. The van der Waals surface area contributed by atoms with Gasteiger partial charge in [0, 0.05) is 70.2 Å². The van der Waals surface area contributed by atoms with Crippen LogP contribution in [0.25, 0.3) is 33.6 Å². The van der Waals surface area contributed by atoms with E-state index in [9.17, 15) is 27.2 Å². The van der Waals surface area contributed by atoms with Gasteiger partial charge in [-0.3, -0.25) is 9.59 Å². The minimum atomic E-state index is -4.40. The molecule has 2 aromatic heterocycles. The number of carbonyl (C=O) groups is 2. The highest BCUT2D eigenvalue weighted by Crippen LogP contribution is 2.33. The molecule has 8 nitrogen and oxygen atoms in total. The van der Waals surface area contributed by atoms with Gasteiger partial charge in [0.2, 0.25) is 0 Å². The van der Waals surface area contributed by atoms with Crippen LogP contribution < -0.4 is 10.6 Å². The SMILES string of the molecule is CC(C)c1nccn1-c1cc(C(=O)NC(C)(C)C)cc(-c2ccc(C(F)(F)F)cc2)c1.Cc1ccc(-c2cc(C(=O)NC(C)(C)C)cc(-n3ccnc3C(C)C)c2)cc1F. The number of nitrogens with zero attached hydrogens (tertiary/aromatic N) is 4. The van der Waals surface area contributed by atoms with Gasteiger partial charge in [0.05, 0.1) is 5.56 Å². The van der Waals surface area contributed by atoms with Crippen LogP contribution in [0, 0.1) is 12.7 Å². The number of hydrogen-bond acceptors (Lipinski definition) is 4. The Balaban J connectivity index is 0.000000228. The van der Waals surface area contributed by atoms with Crippen molar-refractivity contribution in [3.63, 3.8) is 0 Å². The summed E-state index contributed by atoms with van der Waals surface area (Å²) in [6.07, 6.45) is 2.74. The van der Waals surface area contributed by atoms with Gasteiger partial charge >= 0.3 is 6.18 Å². The van der Waals surface area contributed by atoms with Gasteiger partial charge in [0.25, 0.3) is 11.8 Å². The predicted molar refractivity (Wildman–Crippen MR) is 230 cm³/mol. The molecule has 0 fully saturated rings. The highest BCUT2D eigenvalue weighted by molar-refractivity contribution is 5.97. The fraction of sp³-hybridized carbons (Fsp3) is 0.333. The van der Waals surface area contributed by atoms with E-state index in [1.165, 1.54) is 18.2 Å². The van der Waals surface area contributed by atoms with Crippen molar-refractivity contribution in [3.05, 3.63) is 143 Å². The Hall–Kier alpha value is -6.04. The van der Waals surface area contributed by atoms with Gasteiger partial charge in [0.15, 0.2) is 0 Å². The smallest absolute Gasteiger partial charge is 0.347 e. The molecule has 0 aliphatic rings. The summed E-state index contributed by atoms with van der Waals surface area (Å²) in [5.74, 6) is 1.41. The summed E-state index contributed by atoms with van der Waals surface area (Å²) in [5, 5.41) is 5.95. The van der Waals surface area contributed by atoms with E-state index >= 15 is 0 Å². The highest BCUT2D eigenvalue weighted by Gasteiger charge is 2.30. The molecular formula is C48H54F4N6O2. The van der Waals surface area contributed by atoms with Crippen LogP contribution in [-0.4, -0.2) is 42.0 Å². The summed E-state index contributed by atoms with van der Waals surface area (Å²) < 4.78 is 56.9. The first-order valence-electron chi connectivity index (χ1n) is 19.9. The van der Waals surface area contributed by atoms with Crippen LogP contribution in [0.5, 0.6) is 0 Å². The normalized spacial score (nSPS) is 12.0. The maximum atomic E-state index is 14.2. The molecule has 6 aromatic rings. The first-order valence-corrected chi connectivity index (χ1v) is 19.9. The van der Waals surface area contributed by atoms with E-state index in [2.05, 4.69) is 34.4 Å². The molecular weight excluding hydrogens is 769 g/mol. The van der Waals surface area contributed by atoms with Crippen molar-refractivity contribution in [2.75, 3.05) is 0 Å². The lowest BCUT2D eigenvalue weighted by Gasteiger charge is -2.21. The van der Waals surface area contributed by atoms with Crippen LogP contribution in [0.4, 0.5) is 17.6 Å². The molecule has 0 unspecified atom stereocenters. The van der Waals surface area contributed by atoms with Gasteiger partial charge in [-0.1, -0.05) is 52.0 Å². The summed E-state index contributed by atoms with van der Waals surface area (Å²) in [4.78, 5) is 34.6. The lowest BCUT2D eigenvalue weighted by Crippen LogP contribution is -2.40. The maximum Gasteiger partial charge on any atom is 0.416 e. The molecule has 4 aromatic carbocycles. The largest absolute Gasteiger partial charge is 0.416 e. The van der Waals surface area contributed by atoms with Crippen LogP contribution >= 0.6 is 0 Å². The Morgan fingerprint density at radius 2 is 1.00 bits per heavy atom. The number of aromatic nitrogens is 4. The summed E-state index contributed by atoms with van der Waals surface area (Å²) in [6.45, 7) is 21.4. The molecule has 6 rings (SSSR count). The Morgan fingerprint density at radius 1 is 0.583 bits per heavy atom. The Kier molecular flexibility index (Phi) is 13.3. The number of nitrogens with one attached hydrogen (secondary N) is 2. The zero-order chi connectivity index (χ0) is 44.3. The second-order valence-electron chi connectivity index (χ2n) is 17.6. The molecule has 0 atom stereocenters. The number of carbonyl (C=O) groups excluding carboxylic acids is 2. The fourth-order valence-corrected chi connectivity index (χ4v) is 6.47. The monoisotopic (exact) mass is 822 g/mol. The van der Waals surface area contributed by atoms with Crippen LogP contribution in [0.15, 0.2) is 104 Å². The second-order valence-corrected chi connectivity index (χ2v) is 17.6. The molecule has 0 saturated carbocycles. The van der Waals surface area contributed by atoms with Crippen molar-refractivity contribution < 1.29 is 27.2 Å². The van der Waals surface area contributed by atoms with E-state index in [1.54, 1.807) is 43.6 Å². The lowest BCUT2D eigenvalue weighted by molar-refractivity contribution is -0.137.